The summed E-state index contributed by atoms with van der Waals surface area (Å²) in [5.74, 6) is 2.30. The summed E-state index contributed by atoms with van der Waals surface area (Å²) in [6.07, 6.45) is 7.39. The molecule has 9 atom stereocenters. The van der Waals surface area contributed by atoms with Crippen LogP contribution < -0.4 is 0 Å². The van der Waals surface area contributed by atoms with Crippen molar-refractivity contribution in [3.8, 4) is 0 Å². The molecule has 0 aromatic heterocycles. The quantitative estimate of drug-likeness (QED) is 0.788. The number of aliphatic hydroxyl groups excluding tert-OH is 1. The van der Waals surface area contributed by atoms with Crippen LogP contribution >= 0.6 is 0 Å². The van der Waals surface area contributed by atoms with E-state index < -0.39 is 5.60 Å². The van der Waals surface area contributed by atoms with Crippen LogP contribution in [-0.2, 0) is 9.53 Å². The van der Waals surface area contributed by atoms with E-state index in [0.717, 1.165) is 51.4 Å². The molecule has 0 spiro atoms. The van der Waals surface area contributed by atoms with Crippen molar-refractivity contribution in [2.75, 3.05) is 13.7 Å². The molecule has 0 aromatic carbocycles. The number of carbonyl (C=O) groups is 1. The second-order valence-corrected chi connectivity index (χ2v) is 11.0. The summed E-state index contributed by atoms with van der Waals surface area (Å²) in [5.41, 5.74) is -0.633. The molecule has 4 fully saturated rings. The predicted octanol–water partition coefficient (Wildman–Crippen LogP) is 3.58. The van der Waals surface area contributed by atoms with Gasteiger partial charge in [0.2, 0.25) is 0 Å². The molecule has 4 aliphatic rings. The summed E-state index contributed by atoms with van der Waals surface area (Å²) in [4.78, 5) is 12.3. The summed E-state index contributed by atoms with van der Waals surface area (Å²) >= 11 is 0. The smallest absolute Gasteiger partial charge is 0.133 e. The van der Waals surface area contributed by atoms with Gasteiger partial charge in [-0.05, 0) is 92.8 Å². The minimum Gasteiger partial charge on any atom is -0.393 e. The van der Waals surface area contributed by atoms with Crippen molar-refractivity contribution in [2.45, 2.75) is 83.8 Å². The van der Waals surface area contributed by atoms with Gasteiger partial charge >= 0.3 is 0 Å². The van der Waals surface area contributed by atoms with Crippen LogP contribution in [0.4, 0.5) is 0 Å². The number of Topliss-reactive ketones (excluding diaryl/α,β-unsaturated/α-hetero) is 1. The monoisotopic (exact) mass is 378 g/mol. The van der Waals surface area contributed by atoms with Crippen LogP contribution in [0.5, 0.6) is 0 Å². The van der Waals surface area contributed by atoms with Gasteiger partial charge in [-0.2, -0.15) is 0 Å². The van der Waals surface area contributed by atoms with Crippen molar-refractivity contribution < 1.29 is 19.7 Å². The number of ketones is 1. The van der Waals surface area contributed by atoms with E-state index in [1.807, 2.05) is 0 Å². The first-order valence-corrected chi connectivity index (χ1v) is 11.0. The van der Waals surface area contributed by atoms with Gasteiger partial charge in [0.05, 0.1) is 18.3 Å². The molecule has 4 rings (SSSR count). The Morgan fingerprint density at radius 1 is 1.07 bits per heavy atom. The molecule has 4 aliphatic carbocycles. The lowest BCUT2D eigenvalue weighted by atomic mass is 9.43. The SMILES string of the molecule is COC[C@@]1(O)CC[C@@]2(C)[C@H](CC[C@@H]3[C@@H]2[C@@H](O)C[C@]2(C)[C@@H](C(C)=O)CC[C@@H]32)C1. The molecule has 0 heterocycles. The third kappa shape index (κ3) is 2.85. The average Bonchev–Trinajstić information content (AvgIpc) is 2.92. The van der Waals surface area contributed by atoms with E-state index in [4.69, 9.17) is 4.74 Å². The Morgan fingerprint density at radius 2 is 1.81 bits per heavy atom. The number of fused-ring (bicyclic) bond motifs is 5. The van der Waals surface area contributed by atoms with E-state index in [1.54, 1.807) is 14.0 Å². The van der Waals surface area contributed by atoms with Crippen LogP contribution in [0.2, 0.25) is 0 Å². The Labute approximate surface area is 164 Å². The Hall–Kier alpha value is -0.450. The fourth-order valence-electron chi connectivity index (χ4n) is 8.52. The topological polar surface area (TPSA) is 66.8 Å². The second kappa shape index (κ2) is 6.53. The van der Waals surface area contributed by atoms with Gasteiger partial charge in [-0.3, -0.25) is 4.79 Å². The standard InChI is InChI=1S/C23H38O4/c1-14(24)17-7-8-18-16-6-5-15-11-23(26,13-27-4)10-9-21(15,2)20(16)19(25)12-22(17,18)3/h15-20,25-26H,5-13H2,1-4H3/t15-,16+,17-,18+,19+,20-,21+,22-,23-/m1/s1. The number of aliphatic hydroxyl groups is 2. The molecular weight excluding hydrogens is 340 g/mol. The minimum absolute atomic E-state index is 0.0267. The molecule has 27 heavy (non-hydrogen) atoms. The van der Waals surface area contributed by atoms with E-state index in [-0.39, 0.29) is 22.9 Å². The lowest BCUT2D eigenvalue weighted by Gasteiger charge is -2.63. The van der Waals surface area contributed by atoms with Crippen LogP contribution in [0.15, 0.2) is 0 Å². The normalized spacial score (nSPS) is 54.7. The van der Waals surface area contributed by atoms with Gasteiger partial charge in [-0.25, -0.2) is 0 Å². The third-order valence-electron chi connectivity index (χ3n) is 9.65. The highest BCUT2D eigenvalue weighted by molar-refractivity contribution is 5.79. The van der Waals surface area contributed by atoms with Gasteiger partial charge in [0, 0.05) is 13.0 Å². The minimum atomic E-state index is -0.701. The Bertz CT molecular complexity index is 605. The zero-order chi connectivity index (χ0) is 19.6. The van der Waals surface area contributed by atoms with Gasteiger partial charge in [0.1, 0.15) is 5.78 Å². The zero-order valence-electron chi connectivity index (χ0n) is 17.5. The maximum absolute atomic E-state index is 12.3. The van der Waals surface area contributed by atoms with E-state index in [2.05, 4.69) is 13.8 Å². The lowest BCUT2D eigenvalue weighted by Crippen LogP contribution is -2.61. The number of rotatable bonds is 3. The Morgan fingerprint density at radius 3 is 2.48 bits per heavy atom. The number of carbonyl (C=O) groups excluding carboxylic acids is 1. The van der Waals surface area contributed by atoms with Crippen LogP contribution in [0.25, 0.3) is 0 Å². The molecule has 154 valence electrons. The van der Waals surface area contributed by atoms with E-state index in [0.29, 0.717) is 36.1 Å². The van der Waals surface area contributed by atoms with Crippen molar-refractivity contribution in [3.05, 3.63) is 0 Å². The molecule has 4 nitrogen and oxygen atoms in total. The molecule has 4 saturated carbocycles. The van der Waals surface area contributed by atoms with Crippen LogP contribution in [0.3, 0.4) is 0 Å². The van der Waals surface area contributed by atoms with Gasteiger partial charge in [-0.15, -0.1) is 0 Å². The summed E-state index contributed by atoms with van der Waals surface area (Å²) in [7, 11) is 1.67. The lowest BCUT2D eigenvalue weighted by molar-refractivity contribution is -0.196. The molecule has 0 unspecified atom stereocenters. The van der Waals surface area contributed by atoms with Crippen LogP contribution in [0.1, 0.15) is 72.1 Å². The first-order chi connectivity index (χ1) is 12.6. The van der Waals surface area contributed by atoms with Crippen molar-refractivity contribution in [3.63, 3.8) is 0 Å². The summed E-state index contributed by atoms with van der Waals surface area (Å²) in [6, 6.07) is 0. The number of hydrogen-bond acceptors (Lipinski definition) is 4. The maximum atomic E-state index is 12.3. The highest BCUT2D eigenvalue weighted by Gasteiger charge is 2.64. The molecule has 2 N–H and O–H groups in total. The van der Waals surface area contributed by atoms with Gasteiger partial charge in [0.15, 0.2) is 0 Å². The molecule has 4 heteroatoms. The molecule has 0 aliphatic heterocycles. The number of hydrogen-bond donors (Lipinski definition) is 2. The van der Waals surface area contributed by atoms with Crippen molar-refractivity contribution in [1.29, 1.82) is 0 Å². The molecular formula is C23H38O4. The van der Waals surface area contributed by atoms with Crippen LogP contribution in [0, 0.1) is 40.4 Å². The van der Waals surface area contributed by atoms with Gasteiger partial charge in [-0.1, -0.05) is 13.8 Å². The van der Waals surface area contributed by atoms with Gasteiger partial charge < -0.3 is 14.9 Å². The first kappa shape index (κ1) is 19.8. The largest absolute Gasteiger partial charge is 0.393 e. The predicted molar refractivity (Wildman–Crippen MR) is 104 cm³/mol. The second-order valence-electron chi connectivity index (χ2n) is 11.0. The fraction of sp³-hybridized carbons (Fsp3) is 0.957. The van der Waals surface area contributed by atoms with Crippen molar-refractivity contribution in [2.24, 2.45) is 40.4 Å². The van der Waals surface area contributed by atoms with Gasteiger partial charge in [0.25, 0.3) is 0 Å². The highest BCUT2D eigenvalue weighted by Crippen LogP contribution is 2.68. The van der Waals surface area contributed by atoms with E-state index in [9.17, 15) is 15.0 Å². The van der Waals surface area contributed by atoms with Crippen molar-refractivity contribution in [1.82, 2.24) is 0 Å². The number of methoxy groups -OCH3 is 1. The summed E-state index contributed by atoms with van der Waals surface area (Å²) in [5, 5.41) is 22.3. The maximum Gasteiger partial charge on any atom is 0.133 e. The zero-order valence-corrected chi connectivity index (χ0v) is 17.5. The third-order valence-corrected chi connectivity index (χ3v) is 9.65. The molecule has 0 aromatic rings. The number of ether oxygens (including phenoxy) is 1. The van der Waals surface area contributed by atoms with Crippen LogP contribution in [-0.4, -0.2) is 41.4 Å². The highest BCUT2D eigenvalue weighted by atomic mass is 16.5. The van der Waals surface area contributed by atoms with Crippen molar-refractivity contribution >= 4 is 5.78 Å². The molecule has 0 radical (unpaired) electrons. The first-order valence-electron chi connectivity index (χ1n) is 11.0. The van der Waals surface area contributed by atoms with E-state index in [1.165, 1.54) is 0 Å². The summed E-state index contributed by atoms with van der Waals surface area (Å²) < 4.78 is 5.30. The van der Waals surface area contributed by atoms with E-state index >= 15 is 0 Å². The molecule has 0 amide bonds. The molecule has 0 bridgehead atoms. The molecule has 0 saturated heterocycles. The average molecular weight is 379 g/mol. The Balaban J connectivity index is 1.62. The Kier molecular flexibility index (Phi) is 4.80. The fourth-order valence-corrected chi connectivity index (χ4v) is 8.52. The summed E-state index contributed by atoms with van der Waals surface area (Å²) in [6.45, 7) is 6.82.